The van der Waals surface area contributed by atoms with Crippen molar-refractivity contribution in [3.63, 3.8) is 0 Å². The number of hydrogen-bond acceptors (Lipinski definition) is 3. The van der Waals surface area contributed by atoms with Crippen LogP contribution in [0.4, 0.5) is 4.39 Å². The predicted molar refractivity (Wildman–Crippen MR) is 75.3 cm³/mol. The molecule has 0 radical (unpaired) electrons. The number of benzene rings is 1. The monoisotopic (exact) mass is 282 g/mol. The fourth-order valence-electron chi connectivity index (χ4n) is 2.86. The molecule has 1 atom stereocenters. The van der Waals surface area contributed by atoms with Gasteiger partial charge in [0.1, 0.15) is 5.82 Å². The standard InChI is InChI=1S/C16H23FO3/c1-3-20-16(6-8-19-9-7-16)15(18)11-13-4-5-14(17)10-12(13)2/h4-5,10,15,18H,3,6-9,11H2,1-2H3. The minimum absolute atomic E-state index is 0.244. The molecule has 0 spiro atoms. The van der Waals surface area contributed by atoms with Crippen LogP contribution in [-0.2, 0) is 15.9 Å². The molecule has 0 aromatic heterocycles. The van der Waals surface area contributed by atoms with E-state index in [-0.39, 0.29) is 5.82 Å². The van der Waals surface area contributed by atoms with Gasteiger partial charge in [-0.3, -0.25) is 0 Å². The summed E-state index contributed by atoms with van der Waals surface area (Å²) in [5.41, 5.74) is 1.29. The van der Waals surface area contributed by atoms with Gasteiger partial charge in [-0.25, -0.2) is 4.39 Å². The van der Waals surface area contributed by atoms with E-state index in [0.29, 0.717) is 39.1 Å². The molecular formula is C16H23FO3. The Kier molecular flexibility index (Phi) is 5.13. The normalized spacial score (nSPS) is 19.8. The van der Waals surface area contributed by atoms with Crippen LogP contribution in [0.5, 0.6) is 0 Å². The minimum Gasteiger partial charge on any atom is -0.390 e. The average Bonchev–Trinajstić information content (AvgIpc) is 2.43. The van der Waals surface area contributed by atoms with Crippen molar-refractivity contribution in [2.45, 2.75) is 44.8 Å². The quantitative estimate of drug-likeness (QED) is 0.902. The first-order valence-electron chi connectivity index (χ1n) is 7.22. The summed E-state index contributed by atoms with van der Waals surface area (Å²) in [5, 5.41) is 10.6. The molecule has 1 fully saturated rings. The zero-order valence-electron chi connectivity index (χ0n) is 12.2. The van der Waals surface area contributed by atoms with Gasteiger partial charge in [0.15, 0.2) is 0 Å². The van der Waals surface area contributed by atoms with Crippen LogP contribution in [0, 0.1) is 12.7 Å². The van der Waals surface area contributed by atoms with Gasteiger partial charge in [-0.1, -0.05) is 6.07 Å². The Morgan fingerprint density at radius 1 is 1.40 bits per heavy atom. The van der Waals surface area contributed by atoms with E-state index in [2.05, 4.69) is 0 Å². The molecule has 0 bridgehead atoms. The molecule has 20 heavy (non-hydrogen) atoms. The maximum Gasteiger partial charge on any atom is 0.123 e. The molecule has 112 valence electrons. The van der Waals surface area contributed by atoms with Gasteiger partial charge in [-0.2, -0.15) is 0 Å². The molecule has 0 aliphatic carbocycles. The summed E-state index contributed by atoms with van der Waals surface area (Å²) >= 11 is 0. The second kappa shape index (κ2) is 6.66. The highest BCUT2D eigenvalue weighted by Gasteiger charge is 2.40. The molecular weight excluding hydrogens is 259 g/mol. The van der Waals surface area contributed by atoms with E-state index in [1.54, 1.807) is 6.07 Å². The van der Waals surface area contributed by atoms with Crippen LogP contribution in [0.3, 0.4) is 0 Å². The third-order valence-corrected chi connectivity index (χ3v) is 4.10. The molecule has 1 heterocycles. The molecule has 1 saturated heterocycles. The largest absolute Gasteiger partial charge is 0.390 e. The van der Waals surface area contributed by atoms with Gasteiger partial charge in [0.05, 0.1) is 11.7 Å². The third-order valence-electron chi connectivity index (χ3n) is 4.10. The predicted octanol–water partition coefficient (Wildman–Crippen LogP) is 2.62. The summed E-state index contributed by atoms with van der Waals surface area (Å²) in [7, 11) is 0. The van der Waals surface area contributed by atoms with E-state index in [0.717, 1.165) is 11.1 Å². The van der Waals surface area contributed by atoms with Crippen LogP contribution in [0.15, 0.2) is 18.2 Å². The van der Waals surface area contributed by atoms with Crippen LogP contribution < -0.4 is 0 Å². The fourth-order valence-corrected chi connectivity index (χ4v) is 2.86. The Labute approximate surface area is 119 Å². The second-order valence-corrected chi connectivity index (χ2v) is 5.40. The molecule has 1 aliphatic heterocycles. The molecule has 1 N–H and O–H groups in total. The van der Waals surface area contributed by atoms with E-state index < -0.39 is 11.7 Å². The lowest BCUT2D eigenvalue weighted by Gasteiger charge is -2.40. The second-order valence-electron chi connectivity index (χ2n) is 5.40. The fraction of sp³-hybridized carbons (Fsp3) is 0.625. The van der Waals surface area contributed by atoms with Crippen molar-refractivity contribution in [2.24, 2.45) is 0 Å². The van der Waals surface area contributed by atoms with Gasteiger partial charge in [-0.05, 0) is 37.1 Å². The van der Waals surface area contributed by atoms with Crippen molar-refractivity contribution in [3.05, 3.63) is 35.1 Å². The average molecular weight is 282 g/mol. The van der Waals surface area contributed by atoms with E-state index in [4.69, 9.17) is 9.47 Å². The van der Waals surface area contributed by atoms with Gasteiger partial charge in [-0.15, -0.1) is 0 Å². The highest BCUT2D eigenvalue weighted by Crippen LogP contribution is 2.31. The van der Waals surface area contributed by atoms with E-state index in [1.807, 2.05) is 13.8 Å². The number of aliphatic hydroxyl groups excluding tert-OH is 1. The Morgan fingerprint density at radius 2 is 2.10 bits per heavy atom. The molecule has 1 unspecified atom stereocenters. The van der Waals surface area contributed by atoms with Gasteiger partial charge >= 0.3 is 0 Å². The summed E-state index contributed by atoms with van der Waals surface area (Å²) in [4.78, 5) is 0. The Morgan fingerprint density at radius 3 is 2.70 bits per heavy atom. The number of hydrogen-bond donors (Lipinski definition) is 1. The molecule has 4 heteroatoms. The number of aryl methyl sites for hydroxylation is 1. The maximum atomic E-state index is 13.1. The van der Waals surface area contributed by atoms with E-state index in [9.17, 15) is 9.50 Å². The number of aliphatic hydroxyl groups is 1. The molecule has 3 nitrogen and oxygen atoms in total. The highest BCUT2D eigenvalue weighted by atomic mass is 19.1. The molecule has 1 aliphatic rings. The SMILES string of the molecule is CCOC1(C(O)Cc2ccc(F)cc2C)CCOCC1. The highest BCUT2D eigenvalue weighted by molar-refractivity contribution is 5.27. The topological polar surface area (TPSA) is 38.7 Å². The molecule has 1 aromatic rings. The zero-order valence-corrected chi connectivity index (χ0v) is 12.2. The van der Waals surface area contributed by atoms with Crippen LogP contribution >= 0.6 is 0 Å². The molecule has 1 aromatic carbocycles. The van der Waals surface area contributed by atoms with Crippen LogP contribution in [0.25, 0.3) is 0 Å². The van der Waals surface area contributed by atoms with Crippen molar-refractivity contribution in [1.29, 1.82) is 0 Å². The number of ether oxygens (including phenoxy) is 2. The Hall–Kier alpha value is -0.970. The van der Waals surface area contributed by atoms with E-state index in [1.165, 1.54) is 12.1 Å². The van der Waals surface area contributed by atoms with Gasteiger partial charge in [0, 0.05) is 39.1 Å². The summed E-state index contributed by atoms with van der Waals surface area (Å²) < 4.78 is 24.4. The smallest absolute Gasteiger partial charge is 0.123 e. The summed E-state index contributed by atoms with van der Waals surface area (Å²) in [6, 6.07) is 4.68. The van der Waals surface area contributed by atoms with Crippen molar-refractivity contribution < 1.29 is 19.0 Å². The lowest BCUT2D eigenvalue weighted by Crippen LogP contribution is -2.50. The lowest BCUT2D eigenvalue weighted by molar-refractivity contribution is -0.165. The van der Waals surface area contributed by atoms with Crippen molar-refractivity contribution in [3.8, 4) is 0 Å². The van der Waals surface area contributed by atoms with Crippen LogP contribution in [0.1, 0.15) is 30.9 Å². The van der Waals surface area contributed by atoms with Crippen molar-refractivity contribution in [1.82, 2.24) is 0 Å². The van der Waals surface area contributed by atoms with Crippen LogP contribution in [-0.4, -0.2) is 36.6 Å². The van der Waals surface area contributed by atoms with Crippen molar-refractivity contribution >= 4 is 0 Å². The zero-order chi connectivity index (χ0) is 14.6. The Balaban J connectivity index is 2.13. The van der Waals surface area contributed by atoms with Crippen LogP contribution in [0.2, 0.25) is 0 Å². The summed E-state index contributed by atoms with van der Waals surface area (Å²) in [6.45, 7) is 5.59. The lowest BCUT2D eigenvalue weighted by atomic mass is 9.84. The van der Waals surface area contributed by atoms with E-state index >= 15 is 0 Å². The first-order chi connectivity index (χ1) is 9.57. The van der Waals surface area contributed by atoms with Crippen molar-refractivity contribution in [2.75, 3.05) is 19.8 Å². The van der Waals surface area contributed by atoms with Gasteiger partial charge in [0.2, 0.25) is 0 Å². The first kappa shape index (κ1) is 15.4. The maximum absolute atomic E-state index is 13.1. The number of halogens is 1. The van der Waals surface area contributed by atoms with Gasteiger partial charge < -0.3 is 14.6 Å². The summed E-state index contributed by atoms with van der Waals surface area (Å²) in [6.07, 6.45) is 1.27. The number of rotatable bonds is 5. The Bertz CT molecular complexity index is 436. The molecule has 0 saturated carbocycles. The van der Waals surface area contributed by atoms with Gasteiger partial charge in [0.25, 0.3) is 0 Å². The third kappa shape index (κ3) is 3.37. The first-order valence-corrected chi connectivity index (χ1v) is 7.22. The minimum atomic E-state index is -0.601. The summed E-state index contributed by atoms with van der Waals surface area (Å²) in [5.74, 6) is -0.244. The molecule has 2 rings (SSSR count). The molecule has 0 amide bonds.